The molecule has 0 aliphatic heterocycles. The van der Waals surface area contributed by atoms with E-state index in [0.717, 1.165) is 19.3 Å². The maximum absolute atomic E-state index is 11.9. The number of hydrogen-bond acceptors (Lipinski definition) is 5. The largest absolute Gasteiger partial charge is 0.444 e. The van der Waals surface area contributed by atoms with Gasteiger partial charge in [0.15, 0.2) is 0 Å². The third-order valence-corrected chi connectivity index (χ3v) is 3.44. The zero-order valence-electron chi connectivity index (χ0n) is 14.5. The molecule has 1 rings (SSSR count). The number of nitrogens with one attached hydrogen (secondary N) is 2. The maximum atomic E-state index is 11.9. The van der Waals surface area contributed by atoms with Crippen molar-refractivity contribution < 1.29 is 9.53 Å². The van der Waals surface area contributed by atoms with Crippen LogP contribution in [0.4, 0.5) is 10.6 Å². The second kappa shape index (κ2) is 8.91. The molecule has 2 unspecified atom stereocenters. The van der Waals surface area contributed by atoms with Gasteiger partial charge in [0.1, 0.15) is 11.4 Å². The SMILES string of the molecule is CCC(CC(CC)Nc1ccnc(Cl)n1)NC(=O)OC(C)(C)C. The number of carbonyl (C=O) groups excluding carboxylic acids is 1. The van der Waals surface area contributed by atoms with Crippen LogP contribution in [0.3, 0.4) is 0 Å². The molecule has 0 spiro atoms. The Kier molecular flexibility index (Phi) is 7.55. The highest BCUT2D eigenvalue weighted by atomic mass is 35.5. The van der Waals surface area contributed by atoms with Crippen LogP contribution in [0.5, 0.6) is 0 Å². The van der Waals surface area contributed by atoms with Crippen LogP contribution in [0.15, 0.2) is 12.3 Å². The lowest BCUT2D eigenvalue weighted by Gasteiger charge is -2.26. The van der Waals surface area contributed by atoms with E-state index in [1.54, 1.807) is 12.3 Å². The second-order valence-electron chi connectivity index (χ2n) is 6.45. The van der Waals surface area contributed by atoms with Crippen molar-refractivity contribution in [1.82, 2.24) is 15.3 Å². The number of hydrogen-bond donors (Lipinski definition) is 2. The first kappa shape index (κ1) is 19.5. The van der Waals surface area contributed by atoms with E-state index < -0.39 is 5.60 Å². The first-order chi connectivity index (χ1) is 10.7. The van der Waals surface area contributed by atoms with Gasteiger partial charge in [-0.05, 0) is 57.7 Å². The number of carbonyl (C=O) groups is 1. The average molecular weight is 343 g/mol. The Morgan fingerprint density at radius 3 is 2.48 bits per heavy atom. The third kappa shape index (κ3) is 8.02. The van der Waals surface area contributed by atoms with Gasteiger partial charge in [-0.2, -0.15) is 0 Å². The summed E-state index contributed by atoms with van der Waals surface area (Å²) in [6.07, 6.45) is 3.72. The van der Waals surface area contributed by atoms with Crippen molar-refractivity contribution in [2.24, 2.45) is 0 Å². The molecule has 1 aromatic heterocycles. The van der Waals surface area contributed by atoms with E-state index in [2.05, 4.69) is 27.5 Å². The summed E-state index contributed by atoms with van der Waals surface area (Å²) in [7, 11) is 0. The van der Waals surface area contributed by atoms with Crippen LogP contribution in [-0.4, -0.2) is 33.7 Å². The molecule has 0 aliphatic carbocycles. The molecule has 2 atom stereocenters. The van der Waals surface area contributed by atoms with E-state index >= 15 is 0 Å². The Morgan fingerprint density at radius 2 is 1.96 bits per heavy atom. The minimum Gasteiger partial charge on any atom is -0.444 e. The fourth-order valence-electron chi connectivity index (χ4n) is 2.10. The molecule has 2 N–H and O–H groups in total. The molecule has 1 heterocycles. The molecule has 7 heteroatoms. The van der Waals surface area contributed by atoms with Crippen molar-refractivity contribution in [3.8, 4) is 0 Å². The molecule has 0 bridgehead atoms. The second-order valence-corrected chi connectivity index (χ2v) is 6.79. The molecule has 23 heavy (non-hydrogen) atoms. The fourth-order valence-corrected chi connectivity index (χ4v) is 2.24. The molecule has 1 amide bonds. The van der Waals surface area contributed by atoms with Crippen molar-refractivity contribution >= 4 is 23.5 Å². The van der Waals surface area contributed by atoms with Gasteiger partial charge < -0.3 is 15.4 Å². The molecule has 0 saturated heterocycles. The molecule has 0 fully saturated rings. The predicted molar refractivity (Wildman–Crippen MR) is 92.8 cm³/mol. The van der Waals surface area contributed by atoms with Gasteiger partial charge in [0.2, 0.25) is 5.28 Å². The summed E-state index contributed by atoms with van der Waals surface area (Å²) in [5, 5.41) is 6.47. The van der Waals surface area contributed by atoms with Gasteiger partial charge >= 0.3 is 6.09 Å². The summed E-state index contributed by atoms with van der Waals surface area (Å²) in [4.78, 5) is 19.9. The number of aromatic nitrogens is 2. The molecule has 0 radical (unpaired) electrons. The highest BCUT2D eigenvalue weighted by Crippen LogP contribution is 2.14. The summed E-state index contributed by atoms with van der Waals surface area (Å²) in [6, 6.07) is 1.97. The number of nitrogens with zero attached hydrogens (tertiary/aromatic N) is 2. The Bertz CT molecular complexity index is 505. The number of ether oxygens (including phenoxy) is 1. The van der Waals surface area contributed by atoms with Crippen LogP contribution in [0.2, 0.25) is 5.28 Å². The van der Waals surface area contributed by atoms with Crippen molar-refractivity contribution in [3.63, 3.8) is 0 Å². The normalized spacial score (nSPS) is 14.0. The predicted octanol–water partition coefficient (Wildman–Crippen LogP) is 4.01. The third-order valence-electron chi connectivity index (χ3n) is 3.25. The van der Waals surface area contributed by atoms with Gasteiger partial charge in [-0.25, -0.2) is 14.8 Å². The molecule has 130 valence electrons. The Balaban J connectivity index is 2.59. The summed E-state index contributed by atoms with van der Waals surface area (Å²) < 4.78 is 5.31. The smallest absolute Gasteiger partial charge is 0.407 e. The van der Waals surface area contributed by atoms with Crippen LogP contribution >= 0.6 is 11.6 Å². The van der Waals surface area contributed by atoms with E-state index in [1.807, 2.05) is 27.7 Å². The van der Waals surface area contributed by atoms with E-state index in [4.69, 9.17) is 16.3 Å². The van der Waals surface area contributed by atoms with Crippen LogP contribution in [0, 0.1) is 0 Å². The highest BCUT2D eigenvalue weighted by Gasteiger charge is 2.21. The summed E-state index contributed by atoms with van der Waals surface area (Å²) >= 11 is 5.80. The maximum Gasteiger partial charge on any atom is 0.407 e. The number of anilines is 1. The number of rotatable bonds is 7. The van der Waals surface area contributed by atoms with E-state index in [0.29, 0.717) is 5.82 Å². The van der Waals surface area contributed by atoms with Gasteiger partial charge in [-0.1, -0.05) is 13.8 Å². The Labute approximate surface area is 143 Å². The van der Waals surface area contributed by atoms with Gasteiger partial charge in [0.05, 0.1) is 0 Å². The lowest BCUT2D eigenvalue weighted by atomic mass is 10.0. The van der Waals surface area contributed by atoms with E-state index in [9.17, 15) is 4.79 Å². The number of alkyl carbamates (subject to hydrolysis) is 1. The summed E-state index contributed by atoms with van der Waals surface area (Å²) in [6.45, 7) is 9.67. The monoisotopic (exact) mass is 342 g/mol. The molecular formula is C16H27ClN4O2. The van der Waals surface area contributed by atoms with Crippen LogP contribution in [0.1, 0.15) is 53.9 Å². The van der Waals surface area contributed by atoms with Crippen molar-refractivity contribution in [3.05, 3.63) is 17.5 Å². The highest BCUT2D eigenvalue weighted by molar-refractivity contribution is 6.28. The minimum absolute atomic E-state index is 0.0274. The zero-order chi connectivity index (χ0) is 17.5. The first-order valence-corrected chi connectivity index (χ1v) is 8.35. The molecule has 1 aromatic rings. The molecule has 0 saturated carbocycles. The van der Waals surface area contributed by atoms with Crippen molar-refractivity contribution in [1.29, 1.82) is 0 Å². The molecular weight excluding hydrogens is 316 g/mol. The van der Waals surface area contributed by atoms with Gasteiger partial charge in [-0.15, -0.1) is 0 Å². The summed E-state index contributed by atoms with van der Waals surface area (Å²) in [5.41, 5.74) is -0.498. The fraction of sp³-hybridized carbons (Fsp3) is 0.688. The van der Waals surface area contributed by atoms with Gasteiger partial charge in [-0.3, -0.25) is 0 Å². The first-order valence-electron chi connectivity index (χ1n) is 7.98. The lowest BCUT2D eigenvalue weighted by Crippen LogP contribution is -2.41. The van der Waals surface area contributed by atoms with Gasteiger partial charge in [0.25, 0.3) is 0 Å². The van der Waals surface area contributed by atoms with Crippen LogP contribution in [-0.2, 0) is 4.74 Å². The Hall–Kier alpha value is -1.56. The Morgan fingerprint density at radius 1 is 1.30 bits per heavy atom. The summed E-state index contributed by atoms with van der Waals surface area (Å²) in [5.74, 6) is 0.684. The van der Waals surface area contributed by atoms with E-state index in [-0.39, 0.29) is 23.5 Å². The van der Waals surface area contributed by atoms with Gasteiger partial charge in [0, 0.05) is 18.3 Å². The minimum atomic E-state index is -0.498. The van der Waals surface area contributed by atoms with Crippen molar-refractivity contribution in [2.45, 2.75) is 71.6 Å². The van der Waals surface area contributed by atoms with E-state index in [1.165, 1.54) is 0 Å². The standard InChI is InChI=1S/C16H27ClN4O2/c1-6-11(19-13-8-9-18-14(17)21-13)10-12(7-2)20-15(22)23-16(3,4)5/h8-9,11-12H,6-7,10H2,1-5H3,(H,20,22)(H,18,19,21). The zero-order valence-corrected chi connectivity index (χ0v) is 15.3. The lowest BCUT2D eigenvalue weighted by molar-refractivity contribution is 0.0499. The molecule has 6 nitrogen and oxygen atoms in total. The van der Waals surface area contributed by atoms with Crippen LogP contribution < -0.4 is 10.6 Å². The molecule has 0 aliphatic rings. The topological polar surface area (TPSA) is 76.1 Å². The quantitative estimate of drug-likeness (QED) is 0.732. The van der Waals surface area contributed by atoms with Crippen LogP contribution in [0.25, 0.3) is 0 Å². The number of amides is 1. The van der Waals surface area contributed by atoms with Crippen molar-refractivity contribution in [2.75, 3.05) is 5.32 Å². The molecule has 0 aromatic carbocycles. The average Bonchev–Trinajstić information content (AvgIpc) is 2.43. The number of halogens is 1.